The largest absolute Gasteiger partial charge is 0.426 e. The van der Waals surface area contributed by atoms with Crippen molar-refractivity contribution in [1.82, 2.24) is 0 Å². The number of carbonyl (C=O) groups excluding carboxylic acids is 4. The van der Waals surface area contributed by atoms with Gasteiger partial charge in [0.25, 0.3) is 11.8 Å². The number of ether oxygens (including phenoxy) is 1. The average molecular weight is 592 g/mol. The molecule has 7 nitrogen and oxygen atoms in total. The fourth-order valence-corrected chi connectivity index (χ4v) is 5.69. The Morgan fingerprint density at radius 1 is 0.868 bits per heavy atom. The van der Waals surface area contributed by atoms with Crippen molar-refractivity contribution < 1.29 is 23.9 Å². The molecule has 2 aliphatic heterocycles. The van der Waals surface area contributed by atoms with Crippen molar-refractivity contribution in [1.29, 1.82) is 0 Å². The highest BCUT2D eigenvalue weighted by atomic mass is 35.5. The molecule has 3 amide bonds. The molecule has 0 N–H and O–H groups in total. The van der Waals surface area contributed by atoms with Crippen LogP contribution < -0.4 is 14.5 Å². The zero-order valence-electron chi connectivity index (χ0n) is 20.0. The van der Waals surface area contributed by atoms with E-state index in [1.165, 1.54) is 24.3 Å². The second-order valence-electron chi connectivity index (χ2n) is 9.07. The number of rotatable bonds is 4. The minimum Gasteiger partial charge on any atom is -0.426 e. The number of amides is 3. The lowest BCUT2D eigenvalue weighted by molar-refractivity contribution is -0.139. The Morgan fingerprint density at radius 3 is 2.11 bits per heavy atom. The maximum atomic E-state index is 13.2. The van der Waals surface area contributed by atoms with Gasteiger partial charge in [0.2, 0.25) is 5.91 Å². The number of hydrogen-bond acceptors (Lipinski definition) is 5. The molecule has 1 fully saturated rings. The number of imide groups is 1. The van der Waals surface area contributed by atoms with Gasteiger partial charge in [-0.1, -0.05) is 70.2 Å². The van der Waals surface area contributed by atoms with E-state index in [1.54, 1.807) is 4.90 Å². The molecule has 3 aromatic rings. The van der Waals surface area contributed by atoms with Crippen molar-refractivity contribution in [3.05, 3.63) is 84.8 Å². The van der Waals surface area contributed by atoms with E-state index in [-0.39, 0.29) is 61.5 Å². The van der Waals surface area contributed by atoms with E-state index in [0.717, 1.165) is 21.7 Å². The summed E-state index contributed by atoms with van der Waals surface area (Å²) in [6.07, 6.45) is 0.00274. The highest BCUT2D eigenvalue weighted by Crippen LogP contribution is 2.46. The molecule has 38 heavy (non-hydrogen) atoms. The second-order valence-corrected chi connectivity index (χ2v) is 10.6. The van der Waals surface area contributed by atoms with Gasteiger partial charge in [-0.05, 0) is 37.6 Å². The molecule has 2 aliphatic rings. The first-order chi connectivity index (χ1) is 18.0. The summed E-state index contributed by atoms with van der Waals surface area (Å²) in [5, 5.41) is -0.634. The first kappa shape index (κ1) is 26.5. The van der Waals surface area contributed by atoms with Crippen LogP contribution in [-0.4, -0.2) is 30.2 Å². The minimum absolute atomic E-state index is 0.00274. The van der Waals surface area contributed by atoms with Crippen molar-refractivity contribution in [2.24, 2.45) is 5.92 Å². The topological polar surface area (TPSA) is 84.0 Å². The zero-order valence-corrected chi connectivity index (χ0v) is 23.0. The predicted molar refractivity (Wildman–Crippen MR) is 146 cm³/mol. The van der Waals surface area contributed by atoms with E-state index in [2.05, 4.69) is 0 Å². The molecule has 1 atom stereocenters. The number of halogens is 4. The molecule has 0 spiro atoms. The van der Waals surface area contributed by atoms with Crippen LogP contribution in [0.15, 0.2) is 42.5 Å². The van der Waals surface area contributed by atoms with E-state index in [1.807, 2.05) is 32.0 Å². The van der Waals surface area contributed by atoms with Gasteiger partial charge in [-0.2, -0.15) is 0 Å². The quantitative estimate of drug-likeness (QED) is 0.111. The molecule has 0 radical (unpaired) electrons. The van der Waals surface area contributed by atoms with Gasteiger partial charge in [-0.15, -0.1) is 0 Å². The second kappa shape index (κ2) is 9.89. The summed E-state index contributed by atoms with van der Waals surface area (Å²) in [7, 11) is 0. The summed E-state index contributed by atoms with van der Waals surface area (Å²) >= 11 is 24.6. The molecule has 0 aliphatic carbocycles. The summed E-state index contributed by atoms with van der Waals surface area (Å²) in [5.41, 5.74) is 2.57. The minimum atomic E-state index is -0.746. The van der Waals surface area contributed by atoms with Crippen LogP contribution in [-0.2, 0) is 9.59 Å². The summed E-state index contributed by atoms with van der Waals surface area (Å²) in [6, 6.07) is 11.6. The number of anilines is 2. The lowest BCUT2D eigenvalue weighted by Crippen LogP contribution is -2.29. The smallest absolute Gasteiger partial charge is 0.316 e. The molecule has 0 unspecified atom stereocenters. The lowest BCUT2D eigenvalue weighted by atomic mass is 10.1. The molecule has 0 aromatic heterocycles. The third-order valence-electron chi connectivity index (χ3n) is 6.50. The van der Waals surface area contributed by atoms with Crippen LogP contribution in [0.2, 0.25) is 20.1 Å². The standard InChI is InChI=1S/C27H18Cl4N2O5/c1-12-6-7-17(13(2)8-12)32-11-14(9-18(32)34)27(37)38-16-5-3-4-15(10-16)33-25(35)19-20(26(33)36)22(29)24(31)23(30)21(19)28/h3-8,10,14H,9,11H2,1-2H3/t14-/m1/s1. The molecular formula is C27H18Cl4N2O5. The van der Waals surface area contributed by atoms with Crippen LogP contribution in [0.1, 0.15) is 38.3 Å². The number of aryl methyl sites for hydroxylation is 2. The third-order valence-corrected chi connectivity index (χ3v) is 8.30. The molecule has 3 aromatic carbocycles. The van der Waals surface area contributed by atoms with Gasteiger partial charge < -0.3 is 9.64 Å². The Hall–Kier alpha value is -3.10. The molecule has 1 saturated heterocycles. The van der Waals surface area contributed by atoms with Gasteiger partial charge in [-0.3, -0.25) is 19.2 Å². The van der Waals surface area contributed by atoms with Crippen molar-refractivity contribution in [3.8, 4) is 5.75 Å². The molecule has 0 saturated carbocycles. The van der Waals surface area contributed by atoms with Gasteiger partial charge in [-0.25, -0.2) is 4.90 Å². The van der Waals surface area contributed by atoms with E-state index in [0.29, 0.717) is 0 Å². The van der Waals surface area contributed by atoms with E-state index in [9.17, 15) is 19.2 Å². The number of benzene rings is 3. The predicted octanol–water partition coefficient (Wildman–Crippen LogP) is 6.68. The Bertz CT molecular complexity index is 1520. The number of carbonyl (C=O) groups is 4. The molecular weight excluding hydrogens is 574 g/mol. The maximum absolute atomic E-state index is 13.2. The van der Waals surface area contributed by atoms with Crippen LogP contribution in [0.25, 0.3) is 0 Å². The lowest BCUT2D eigenvalue weighted by Gasteiger charge is -2.19. The first-order valence-electron chi connectivity index (χ1n) is 11.4. The molecule has 0 bridgehead atoms. The maximum Gasteiger partial charge on any atom is 0.316 e. The van der Waals surface area contributed by atoms with Crippen molar-refractivity contribution in [3.63, 3.8) is 0 Å². The highest BCUT2D eigenvalue weighted by molar-refractivity contribution is 6.56. The Labute approximate surface area is 237 Å². The summed E-state index contributed by atoms with van der Waals surface area (Å²) in [5.74, 6) is -2.86. The molecule has 5 rings (SSSR count). The highest BCUT2D eigenvalue weighted by Gasteiger charge is 2.43. The summed E-state index contributed by atoms with van der Waals surface area (Å²) < 4.78 is 5.55. The van der Waals surface area contributed by atoms with Gasteiger partial charge >= 0.3 is 5.97 Å². The zero-order chi connectivity index (χ0) is 27.5. The van der Waals surface area contributed by atoms with Crippen LogP contribution in [0.5, 0.6) is 5.75 Å². The van der Waals surface area contributed by atoms with Crippen LogP contribution >= 0.6 is 46.4 Å². The monoisotopic (exact) mass is 590 g/mol. The third kappa shape index (κ3) is 4.33. The Balaban J connectivity index is 1.36. The number of hydrogen-bond donors (Lipinski definition) is 0. The summed E-state index contributed by atoms with van der Waals surface area (Å²) in [6.45, 7) is 4.05. The van der Waals surface area contributed by atoms with Gasteiger partial charge in [0, 0.05) is 24.7 Å². The fourth-order valence-electron chi connectivity index (χ4n) is 4.68. The van der Waals surface area contributed by atoms with Crippen molar-refractivity contribution >= 4 is 81.5 Å². The molecule has 11 heteroatoms. The van der Waals surface area contributed by atoms with Gasteiger partial charge in [0.05, 0.1) is 42.8 Å². The van der Waals surface area contributed by atoms with Crippen LogP contribution in [0, 0.1) is 19.8 Å². The number of esters is 1. The average Bonchev–Trinajstić information content (AvgIpc) is 3.38. The van der Waals surface area contributed by atoms with Gasteiger partial charge in [0.1, 0.15) is 5.75 Å². The number of nitrogens with zero attached hydrogens (tertiary/aromatic N) is 2. The SMILES string of the molecule is Cc1ccc(N2C[C@H](C(=O)Oc3cccc(N4C(=O)c5c(Cl)c(Cl)c(Cl)c(Cl)c5C4=O)c3)CC2=O)c(C)c1. The summed E-state index contributed by atoms with van der Waals surface area (Å²) in [4.78, 5) is 54.4. The normalized spacial score (nSPS) is 16.9. The molecule has 2 heterocycles. The van der Waals surface area contributed by atoms with Crippen molar-refractivity contribution in [2.45, 2.75) is 20.3 Å². The van der Waals surface area contributed by atoms with Crippen LogP contribution in [0.3, 0.4) is 0 Å². The van der Waals surface area contributed by atoms with Gasteiger partial charge in [0.15, 0.2) is 0 Å². The fraction of sp³-hybridized carbons (Fsp3) is 0.185. The van der Waals surface area contributed by atoms with Crippen molar-refractivity contribution in [2.75, 3.05) is 16.3 Å². The Kier molecular flexibility index (Phi) is 6.90. The Morgan fingerprint density at radius 2 is 1.50 bits per heavy atom. The van der Waals surface area contributed by atoms with E-state index >= 15 is 0 Å². The van der Waals surface area contributed by atoms with E-state index in [4.69, 9.17) is 51.1 Å². The van der Waals surface area contributed by atoms with Crippen LogP contribution in [0.4, 0.5) is 11.4 Å². The molecule has 194 valence electrons. The van der Waals surface area contributed by atoms with E-state index < -0.39 is 23.7 Å². The number of fused-ring (bicyclic) bond motifs is 1. The first-order valence-corrected chi connectivity index (χ1v) is 12.9.